The molecule has 0 aliphatic rings. The molecule has 0 aliphatic carbocycles. The summed E-state index contributed by atoms with van der Waals surface area (Å²) in [5.41, 5.74) is 2.80. The molecule has 17 heavy (non-hydrogen) atoms. The Kier molecular flexibility index (Phi) is 3.38. The van der Waals surface area contributed by atoms with E-state index in [2.05, 4.69) is 24.0 Å². The number of aromatic nitrogens is 2. The van der Waals surface area contributed by atoms with E-state index in [1.54, 1.807) is 0 Å². The Labute approximate surface area is 101 Å². The first-order valence-corrected chi connectivity index (χ1v) is 5.56. The summed E-state index contributed by atoms with van der Waals surface area (Å²) in [5.74, 6) is 0.943. The minimum absolute atomic E-state index is 0.372. The zero-order valence-electron chi connectivity index (χ0n) is 9.89. The van der Waals surface area contributed by atoms with E-state index >= 15 is 0 Å². The van der Waals surface area contributed by atoms with Crippen molar-refractivity contribution in [2.45, 2.75) is 12.8 Å². The maximum absolute atomic E-state index is 10.6. The van der Waals surface area contributed by atoms with E-state index in [0.29, 0.717) is 12.1 Å². The molecule has 1 radical (unpaired) electrons. The molecule has 0 N–H and O–H groups in total. The molecule has 0 bridgehead atoms. The molecule has 0 saturated carbocycles. The van der Waals surface area contributed by atoms with Gasteiger partial charge in [-0.1, -0.05) is 30.3 Å². The minimum atomic E-state index is 0.372. The van der Waals surface area contributed by atoms with Gasteiger partial charge >= 0.3 is 0 Å². The highest BCUT2D eigenvalue weighted by Crippen LogP contribution is 2.13. The van der Waals surface area contributed by atoms with Crippen LogP contribution in [0.3, 0.4) is 0 Å². The summed E-state index contributed by atoms with van der Waals surface area (Å²) >= 11 is 0. The van der Waals surface area contributed by atoms with Gasteiger partial charge in [-0.25, -0.2) is 4.98 Å². The van der Waals surface area contributed by atoms with Gasteiger partial charge in [0.15, 0.2) is 0 Å². The quantitative estimate of drug-likeness (QED) is 0.748. The van der Waals surface area contributed by atoms with Gasteiger partial charge in [0.25, 0.3) is 0 Å². The molecule has 1 heterocycles. The van der Waals surface area contributed by atoms with Crippen molar-refractivity contribution in [2.75, 3.05) is 0 Å². The summed E-state index contributed by atoms with van der Waals surface area (Å²) in [6.45, 7) is 3.87. The molecule has 0 unspecified atom stereocenters. The van der Waals surface area contributed by atoms with Crippen molar-refractivity contribution in [3.8, 4) is 0 Å². The molecule has 2 aromatic rings. The Balaban J connectivity index is 2.28. The summed E-state index contributed by atoms with van der Waals surface area (Å²) in [5, 5.41) is 0. The van der Waals surface area contributed by atoms with Gasteiger partial charge < -0.3 is 9.36 Å². The first-order valence-electron chi connectivity index (χ1n) is 5.56. The third-order valence-corrected chi connectivity index (χ3v) is 2.87. The average Bonchev–Trinajstić information content (AvgIpc) is 2.59. The van der Waals surface area contributed by atoms with Crippen molar-refractivity contribution in [2.24, 2.45) is 7.05 Å². The number of carbonyl (C=O) groups excluding carboxylic acids is 1. The molecular weight excluding hydrogens is 212 g/mol. The Morgan fingerprint density at radius 3 is 2.71 bits per heavy atom. The zero-order valence-corrected chi connectivity index (χ0v) is 9.89. The molecule has 1 aromatic heterocycles. The summed E-state index contributed by atoms with van der Waals surface area (Å²) in [6.07, 6.45) is 2.02. The van der Waals surface area contributed by atoms with E-state index in [4.69, 9.17) is 0 Å². The van der Waals surface area contributed by atoms with Crippen LogP contribution in [0.4, 0.5) is 0 Å². The fourth-order valence-corrected chi connectivity index (χ4v) is 1.91. The Morgan fingerprint density at radius 2 is 2.06 bits per heavy atom. The van der Waals surface area contributed by atoms with Gasteiger partial charge in [-0.3, -0.25) is 0 Å². The standard InChI is InChI=1S/C14H15N2O/c1-11-13(8-9-17)16(2)14(15-11)10-12-6-4-3-5-7-12/h3-7,9H,1,8,10H2,2H3. The second-order valence-electron chi connectivity index (χ2n) is 4.01. The molecule has 2 rings (SSSR count). The molecule has 1 aromatic carbocycles. The Morgan fingerprint density at radius 1 is 1.35 bits per heavy atom. The Hall–Kier alpha value is -1.90. The van der Waals surface area contributed by atoms with Crippen molar-refractivity contribution < 1.29 is 4.79 Å². The summed E-state index contributed by atoms with van der Waals surface area (Å²) in [7, 11) is 1.93. The first-order chi connectivity index (χ1) is 8.22. The van der Waals surface area contributed by atoms with Gasteiger partial charge in [0, 0.05) is 25.6 Å². The van der Waals surface area contributed by atoms with Gasteiger partial charge in [-0.05, 0) is 12.5 Å². The van der Waals surface area contributed by atoms with Crippen LogP contribution in [0.5, 0.6) is 0 Å². The molecule has 0 amide bonds. The van der Waals surface area contributed by atoms with Crippen LogP contribution in [0.25, 0.3) is 0 Å². The number of rotatable bonds is 4. The number of hydrogen-bond donors (Lipinski definition) is 0. The van der Waals surface area contributed by atoms with E-state index in [0.717, 1.165) is 24.2 Å². The lowest BCUT2D eigenvalue weighted by Crippen LogP contribution is -2.03. The largest absolute Gasteiger partial charge is 0.334 e. The van der Waals surface area contributed by atoms with E-state index in [9.17, 15) is 4.79 Å². The van der Waals surface area contributed by atoms with Gasteiger partial charge in [0.2, 0.25) is 0 Å². The lowest BCUT2D eigenvalue weighted by molar-refractivity contribution is -0.107. The number of aldehydes is 1. The highest BCUT2D eigenvalue weighted by Gasteiger charge is 2.11. The van der Waals surface area contributed by atoms with E-state index in [-0.39, 0.29) is 0 Å². The lowest BCUT2D eigenvalue weighted by atomic mass is 10.1. The van der Waals surface area contributed by atoms with Gasteiger partial charge in [-0.2, -0.15) is 0 Å². The highest BCUT2D eigenvalue weighted by molar-refractivity contribution is 5.55. The molecule has 0 saturated heterocycles. The topological polar surface area (TPSA) is 34.9 Å². The van der Waals surface area contributed by atoms with Crippen LogP contribution in [0.15, 0.2) is 30.3 Å². The summed E-state index contributed by atoms with van der Waals surface area (Å²) < 4.78 is 1.96. The monoisotopic (exact) mass is 227 g/mol. The predicted molar refractivity (Wildman–Crippen MR) is 66.7 cm³/mol. The van der Waals surface area contributed by atoms with E-state index < -0.39 is 0 Å². The van der Waals surface area contributed by atoms with Crippen molar-refractivity contribution in [3.05, 3.63) is 60.0 Å². The molecule has 0 aliphatic heterocycles. The number of hydrogen-bond acceptors (Lipinski definition) is 2. The van der Waals surface area contributed by atoms with Crippen LogP contribution in [-0.4, -0.2) is 15.8 Å². The second kappa shape index (κ2) is 4.95. The minimum Gasteiger partial charge on any atom is -0.334 e. The fraction of sp³-hybridized carbons (Fsp3) is 0.214. The normalized spacial score (nSPS) is 10.5. The van der Waals surface area contributed by atoms with Gasteiger partial charge in [0.05, 0.1) is 5.69 Å². The average molecular weight is 227 g/mol. The smallest absolute Gasteiger partial charge is 0.125 e. The number of benzene rings is 1. The first kappa shape index (κ1) is 11.6. The number of carbonyl (C=O) groups is 1. The van der Waals surface area contributed by atoms with Crippen molar-refractivity contribution in [3.63, 3.8) is 0 Å². The van der Waals surface area contributed by atoms with Crippen LogP contribution < -0.4 is 0 Å². The highest BCUT2D eigenvalue weighted by atomic mass is 16.1. The van der Waals surface area contributed by atoms with Gasteiger partial charge in [0.1, 0.15) is 12.1 Å². The Bertz CT molecular complexity index is 515. The van der Waals surface area contributed by atoms with Crippen molar-refractivity contribution in [1.29, 1.82) is 0 Å². The number of nitrogens with zero attached hydrogens (tertiary/aromatic N) is 2. The van der Waals surface area contributed by atoms with Crippen molar-refractivity contribution in [1.82, 2.24) is 9.55 Å². The van der Waals surface area contributed by atoms with Crippen LogP contribution >= 0.6 is 0 Å². The van der Waals surface area contributed by atoms with Crippen molar-refractivity contribution >= 4 is 6.29 Å². The number of imidazole rings is 1. The predicted octanol–water partition coefficient (Wildman–Crippen LogP) is 1.93. The molecular formula is C14H15N2O. The van der Waals surface area contributed by atoms with Crippen LogP contribution in [0.2, 0.25) is 0 Å². The molecule has 0 atom stereocenters. The van der Waals surface area contributed by atoms with Crippen LogP contribution in [0.1, 0.15) is 22.8 Å². The van der Waals surface area contributed by atoms with E-state index in [1.807, 2.05) is 29.8 Å². The molecule has 3 heteroatoms. The van der Waals surface area contributed by atoms with E-state index in [1.165, 1.54) is 5.56 Å². The van der Waals surface area contributed by atoms with Gasteiger partial charge in [-0.15, -0.1) is 0 Å². The zero-order chi connectivity index (χ0) is 12.3. The summed E-state index contributed by atoms with van der Waals surface area (Å²) in [6, 6.07) is 10.1. The molecule has 0 spiro atoms. The maximum Gasteiger partial charge on any atom is 0.125 e. The third-order valence-electron chi connectivity index (χ3n) is 2.87. The third kappa shape index (κ3) is 2.44. The maximum atomic E-state index is 10.6. The fourth-order valence-electron chi connectivity index (χ4n) is 1.91. The van der Waals surface area contributed by atoms with Crippen LogP contribution in [-0.2, 0) is 24.7 Å². The summed E-state index contributed by atoms with van der Waals surface area (Å²) in [4.78, 5) is 15.0. The molecule has 3 nitrogen and oxygen atoms in total. The van der Waals surface area contributed by atoms with Crippen LogP contribution in [0, 0.1) is 6.92 Å². The second-order valence-corrected chi connectivity index (χ2v) is 4.01. The SMILES string of the molecule is [CH2]c1nc(Cc2ccccc2)n(C)c1CC=O. The molecule has 87 valence electrons. The molecule has 0 fully saturated rings. The lowest BCUT2D eigenvalue weighted by Gasteiger charge is -2.04.